The summed E-state index contributed by atoms with van der Waals surface area (Å²) in [5.74, 6) is 1.35. The Morgan fingerprint density at radius 3 is 2.46 bits per heavy atom. The summed E-state index contributed by atoms with van der Waals surface area (Å²) in [5, 5.41) is 11.8. The monoisotopic (exact) mass is 500 g/mol. The van der Waals surface area contributed by atoms with E-state index in [-0.39, 0.29) is 11.9 Å². The number of anilines is 2. The quantitative estimate of drug-likeness (QED) is 0.485. The first-order chi connectivity index (χ1) is 17.8. The van der Waals surface area contributed by atoms with Gasteiger partial charge in [0.05, 0.1) is 32.4 Å². The second kappa shape index (κ2) is 10.1. The number of ether oxygens (including phenoxy) is 2. The number of fused-ring (bicyclic) bond motifs is 2. The van der Waals surface area contributed by atoms with Crippen molar-refractivity contribution in [1.82, 2.24) is 0 Å². The molecule has 0 bridgehead atoms. The number of methoxy groups -OCH3 is 2. The fraction of sp³-hybridized carbons (Fsp3) is 0.387. The zero-order chi connectivity index (χ0) is 26.3. The summed E-state index contributed by atoms with van der Waals surface area (Å²) in [6.07, 6.45) is 1.30. The average molecular weight is 501 g/mol. The second-order valence-corrected chi connectivity index (χ2v) is 10.3. The van der Waals surface area contributed by atoms with E-state index in [4.69, 9.17) is 9.47 Å². The molecule has 3 atom stereocenters. The zero-order valence-corrected chi connectivity index (χ0v) is 22.3. The lowest BCUT2D eigenvalue weighted by Gasteiger charge is -2.48. The van der Waals surface area contributed by atoms with Crippen molar-refractivity contribution in [2.75, 3.05) is 30.6 Å². The van der Waals surface area contributed by atoms with Crippen molar-refractivity contribution >= 4 is 17.3 Å². The molecule has 194 valence electrons. The highest BCUT2D eigenvalue weighted by atomic mass is 16.5. The molecular weight excluding hydrogens is 464 g/mol. The van der Waals surface area contributed by atoms with Crippen molar-refractivity contribution in [1.29, 1.82) is 0 Å². The molecule has 0 radical (unpaired) electrons. The topological polar surface area (TPSA) is 62.2 Å². The average Bonchev–Trinajstić information content (AvgIpc) is 2.92. The standard InChI is InChI=1S/C31H36N2O4/c1-19(2)21-12-14-25-22(17-21)9-8-16-32(25)29-24-10-6-7-11-26(24)33(20(3)30(29)34)31(35)23-13-15-27(36-4)28(18-23)37-5/h6-7,10-15,17-20,29-30,34H,8-9,16H2,1-5H3. The molecule has 2 heterocycles. The van der Waals surface area contributed by atoms with Crippen molar-refractivity contribution in [2.24, 2.45) is 0 Å². The number of aliphatic hydroxyl groups excluding tert-OH is 1. The predicted molar refractivity (Wildman–Crippen MR) is 147 cm³/mol. The van der Waals surface area contributed by atoms with Crippen molar-refractivity contribution < 1.29 is 19.4 Å². The summed E-state index contributed by atoms with van der Waals surface area (Å²) in [5.41, 5.74) is 6.12. The van der Waals surface area contributed by atoms with Crippen LogP contribution in [0, 0.1) is 0 Å². The van der Waals surface area contributed by atoms with Crippen LogP contribution in [0.1, 0.15) is 66.2 Å². The lowest BCUT2D eigenvalue weighted by Crippen LogP contribution is -2.55. The third-order valence-electron chi connectivity index (χ3n) is 7.85. The molecule has 2 aliphatic rings. The molecule has 0 spiro atoms. The maximum atomic E-state index is 13.9. The highest BCUT2D eigenvalue weighted by molar-refractivity contribution is 6.07. The molecule has 3 aromatic carbocycles. The smallest absolute Gasteiger partial charge is 0.258 e. The zero-order valence-electron chi connectivity index (χ0n) is 22.3. The van der Waals surface area contributed by atoms with Gasteiger partial charge in [0, 0.05) is 29.0 Å². The molecular formula is C31H36N2O4. The highest BCUT2D eigenvalue weighted by Crippen LogP contribution is 2.45. The Labute approximate surface area is 219 Å². The van der Waals surface area contributed by atoms with Crippen LogP contribution in [-0.2, 0) is 6.42 Å². The number of aliphatic hydroxyl groups is 1. The Kier molecular flexibility index (Phi) is 6.86. The second-order valence-electron chi connectivity index (χ2n) is 10.3. The number of para-hydroxylation sites is 1. The molecule has 2 aliphatic heterocycles. The van der Waals surface area contributed by atoms with Crippen LogP contribution in [0.15, 0.2) is 60.7 Å². The fourth-order valence-electron chi connectivity index (χ4n) is 5.83. The Hall–Kier alpha value is -3.51. The van der Waals surface area contributed by atoms with Gasteiger partial charge < -0.3 is 24.4 Å². The van der Waals surface area contributed by atoms with Gasteiger partial charge in [0.15, 0.2) is 11.5 Å². The summed E-state index contributed by atoms with van der Waals surface area (Å²) < 4.78 is 10.8. The number of rotatable bonds is 5. The number of carbonyl (C=O) groups excluding carboxylic acids is 1. The first kappa shape index (κ1) is 25.2. The molecule has 1 amide bonds. The van der Waals surface area contributed by atoms with Crippen LogP contribution in [0.5, 0.6) is 11.5 Å². The minimum atomic E-state index is -0.769. The molecule has 0 fully saturated rings. The van der Waals surface area contributed by atoms with Crippen molar-refractivity contribution in [3.63, 3.8) is 0 Å². The van der Waals surface area contributed by atoms with E-state index >= 15 is 0 Å². The number of amides is 1. The predicted octanol–water partition coefficient (Wildman–Crippen LogP) is 5.73. The Morgan fingerprint density at radius 2 is 1.73 bits per heavy atom. The molecule has 5 rings (SSSR count). The van der Waals surface area contributed by atoms with E-state index in [2.05, 4.69) is 36.9 Å². The SMILES string of the molecule is COc1ccc(C(=O)N2c3ccccc3C(N3CCCc4cc(C(C)C)ccc43)C(O)C2C)cc1OC. The van der Waals surface area contributed by atoms with Gasteiger partial charge in [-0.15, -0.1) is 0 Å². The van der Waals surface area contributed by atoms with Gasteiger partial charge in [-0.1, -0.05) is 44.2 Å². The van der Waals surface area contributed by atoms with E-state index in [9.17, 15) is 9.90 Å². The molecule has 3 unspecified atom stereocenters. The van der Waals surface area contributed by atoms with Gasteiger partial charge >= 0.3 is 0 Å². The summed E-state index contributed by atoms with van der Waals surface area (Å²) >= 11 is 0. The first-order valence-corrected chi connectivity index (χ1v) is 13.1. The normalized spacial score (nSPS) is 20.9. The van der Waals surface area contributed by atoms with Crippen LogP contribution < -0.4 is 19.3 Å². The molecule has 6 nitrogen and oxygen atoms in total. The number of hydrogen-bond acceptors (Lipinski definition) is 5. The summed E-state index contributed by atoms with van der Waals surface area (Å²) in [7, 11) is 3.13. The van der Waals surface area contributed by atoms with E-state index < -0.39 is 12.1 Å². The number of benzene rings is 3. The lowest BCUT2D eigenvalue weighted by molar-refractivity contribution is 0.0835. The maximum Gasteiger partial charge on any atom is 0.258 e. The number of nitrogens with zero attached hydrogens (tertiary/aromatic N) is 2. The highest BCUT2D eigenvalue weighted by Gasteiger charge is 2.44. The summed E-state index contributed by atoms with van der Waals surface area (Å²) in [6, 6.07) is 19.2. The van der Waals surface area contributed by atoms with Gasteiger partial charge in [-0.2, -0.15) is 0 Å². The fourth-order valence-corrected chi connectivity index (χ4v) is 5.83. The van der Waals surface area contributed by atoms with Gasteiger partial charge in [-0.25, -0.2) is 0 Å². The molecule has 0 aromatic heterocycles. The molecule has 0 aliphatic carbocycles. The molecule has 0 saturated carbocycles. The molecule has 0 saturated heterocycles. The molecule has 37 heavy (non-hydrogen) atoms. The first-order valence-electron chi connectivity index (χ1n) is 13.1. The minimum Gasteiger partial charge on any atom is -0.493 e. The molecule has 1 N–H and O–H groups in total. The Balaban J connectivity index is 1.56. The number of hydrogen-bond donors (Lipinski definition) is 1. The van der Waals surface area contributed by atoms with Crippen LogP contribution in [0.25, 0.3) is 0 Å². The largest absolute Gasteiger partial charge is 0.493 e. The summed E-state index contributed by atoms with van der Waals surface area (Å²) in [4.78, 5) is 17.9. The van der Waals surface area contributed by atoms with Crippen LogP contribution >= 0.6 is 0 Å². The molecule has 6 heteroatoms. The van der Waals surface area contributed by atoms with Gasteiger partial charge in [0.2, 0.25) is 0 Å². The van der Waals surface area contributed by atoms with Crippen molar-refractivity contribution in [3.8, 4) is 11.5 Å². The van der Waals surface area contributed by atoms with Gasteiger partial charge in [-0.05, 0) is 67.1 Å². The lowest BCUT2D eigenvalue weighted by atomic mass is 9.85. The van der Waals surface area contributed by atoms with E-state index in [1.807, 2.05) is 31.2 Å². The van der Waals surface area contributed by atoms with Crippen LogP contribution in [0.4, 0.5) is 11.4 Å². The van der Waals surface area contributed by atoms with Gasteiger partial charge in [0.25, 0.3) is 5.91 Å². The van der Waals surface area contributed by atoms with Crippen LogP contribution in [0.2, 0.25) is 0 Å². The van der Waals surface area contributed by atoms with Gasteiger partial charge in [0.1, 0.15) is 0 Å². The van der Waals surface area contributed by atoms with Crippen LogP contribution in [0.3, 0.4) is 0 Å². The van der Waals surface area contributed by atoms with E-state index in [1.54, 1.807) is 37.3 Å². The van der Waals surface area contributed by atoms with Crippen molar-refractivity contribution in [2.45, 2.75) is 57.7 Å². The van der Waals surface area contributed by atoms with E-state index in [0.717, 1.165) is 30.6 Å². The van der Waals surface area contributed by atoms with E-state index in [1.165, 1.54) is 16.8 Å². The Morgan fingerprint density at radius 1 is 0.973 bits per heavy atom. The number of aryl methyl sites for hydroxylation is 1. The Bertz CT molecular complexity index is 1300. The third kappa shape index (κ3) is 4.33. The summed E-state index contributed by atoms with van der Waals surface area (Å²) in [6.45, 7) is 7.23. The maximum absolute atomic E-state index is 13.9. The molecule has 3 aromatic rings. The van der Waals surface area contributed by atoms with Gasteiger partial charge in [-0.3, -0.25) is 4.79 Å². The minimum absolute atomic E-state index is 0.181. The van der Waals surface area contributed by atoms with E-state index in [0.29, 0.717) is 23.0 Å². The van der Waals surface area contributed by atoms with Crippen molar-refractivity contribution in [3.05, 3.63) is 82.9 Å². The van der Waals surface area contributed by atoms with Crippen LogP contribution in [-0.4, -0.2) is 43.9 Å². The number of carbonyl (C=O) groups is 1. The third-order valence-corrected chi connectivity index (χ3v) is 7.85.